The highest BCUT2D eigenvalue weighted by molar-refractivity contribution is 8.01. The highest BCUT2D eigenvalue weighted by atomic mass is 35.5. The number of benzene rings is 1. The van der Waals surface area contributed by atoms with Gasteiger partial charge in [0, 0.05) is 17.8 Å². The van der Waals surface area contributed by atoms with E-state index >= 15 is 0 Å². The first-order valence-electron chi connectivity index (χ1n) is 12.1. The number of fused-ring (bicyclic) bond motifs is 1. The second-order valence-corrected chi connectivity index (χ2v) is 11.6. The maximum absolute atomic E-state index is 13.2. The van der Waals surface area contributed by atoms with Gasteiger partial charge in [0.05, 0.1) is 0 Å². The number of halogens is 1. The summed E-state index contributed by atoms with van der Waals surface area (Å²) in [6.07, 6.45) is 1.61. The number of amides is 2. The van der Waals surface area contributed by atoms with Gasteiger partial charge in [0.2, 0.25) is 12.0 Å². The normalized spacial score (nSPS) is 26.5. The fourth-order valence-corrected chi connectivity index (χ4v) is 6.52. The molecule has 2 amide bonds. The minimum absolute atomic E-state index is 0. The van der Waals surface area contributed by atoms with Gasteiger partial charge >= 0.3 is 5.97 Å². The lowest BCUT2D eigenvalue weighted by Gasteiger charge is -2.44. The molecule has 11 heteroatoms. The zero-order chi connectivity index (χ0) is 25.3. The van der Waals surface area contributed by atoms with Crippen molar-refractivity contribution in [3.8, 4) is 5.75 Å². The van der Waals surface area contributed by atoms with Crippen molar-refractivity contribution < 1.29 is 28.7 Å². The molecular formula is C25H34ClN3O6S. The first-order chi connectivity index (χ1) is 16.6. The molecule has 3 aliphatic rings. The molecule has 0 spiro atoms. The zero-order valence-electron chi connectivity index (χ0n) is 21.0. The highest BCUT2D eigenvalue weighted by Gasteiger charge is 2.64. The van der Waals surface area contributed by atoms with Crippen molar-refractivity contribution >= 4 is 47.7 Å². The summed E-state index contributed by atoms with van der Waals surface area (Å²) < 4.78 is 10.8. The number of nitrogens with zero attached hydrogens (tertiary/aromatic N) is 2. The Morgan fingerprint density at radius 3 is 2.36 bits per heavy atom. The third-order valence-corrected chi connectivity index (χ3v) is 8.33. The van der Waals surface area contributed by atoms with Crippen molar-refractivity contribution in [2.75, 3.05) is 13.1 Å². The van der Waals surface area contributed by atoms with E-state index in [1.807, 2.05) is 20.8 Å². The largest absolute Gasteiger partial charge is 0.473 e. The maximum Gasteiger partial charge on any atom is 0.331 e. The van der Waals surface area contributed by atoms with E-state index in [-0.39, 0.29) is 24.5 Å². The van der Waals surface area contributed by atoms with Crippen LogP contribution < -0.4 is 10.1 Å². The molecule has 0 aromatic heterocycles. The molecule has 0 bridgehead atoms. The number of piperidine rings is 1. The maximum atomic E-state index is 13.2. The first kappa shape index (κ1) is 28.3. The van der Waals surface area contributed by atoms with Crippen LogP contribution in [0.15, 0.2) is 30.3 Å². The average molecular weight is 540 g/mol. The lowest BCUT2D eigenvalue weighted by atomic mass is 9.95. The van der Waals surface area contributed by atoms with Crippen LogP contribution in [0.25, 0.3) is 0 Å². The SMILES string of the molecule is CC(=O)C(Oc1ccccc1)C(=O)N[C@@H]1C(=O)N2[C@@H]1SC(C)(C)[C@@H]2C(=O)OC(C)N1CCCCC1.Cl. The third kappa shape index (κ3) is 5.65. The van der Waals surface area contributed by atoms with E-state index in [1.54, 1.807) is 30.3 Å². The van der Waals surface area contributed by atoms with Crippen LogP contribution in [0.1, 0.15) is 47.0 Å². The van der Waals surface area contributed by atoms with Crippen LogP contribution in [0.4, 0.5) is 0 Å². The Kier molecular flexibility index (Phi) is 8.95. The van der Waals surface area contributed by atoms with Gasteiger partial charge in [-0.3, -0.25) is 19.3 Å². The number of nitrogens with one attached hydrogen (secondary N) is 1. The van der Waals surface area contributed by atoms with Gasteiger partial charge in [-0.15, -0.1) is 24.2 Å². The van der Waals surface area contributed by atoms with Crippen molar-refractivity contribution in [2.24, 2.45) is 0 Å². The van der Waals surface area contributed by atoms with Crippen LogP contribution in [-0.2, 0) is 23.9 Å². The quantitative estimate of drug-likeness (QED) is 0.305. The Balaban J connectivity index is 0.00000361. The van der Waals surface area contributed by atoms with E-state index in [0.29, 0.717) is 5.75 Å². The molecule has 3 saturated heterocycles. The van der Waals surface area contributed by atoms with Crippen molar-refractivity contribution in [1.82, 2.24) is 15.1 Å². The third-order valence-electron chi connectivity index (χ3n) is 6.76. The van der Waals surface area contributed by atoms with Gasteiger partial charge < -0.3 is 19.7 Å². The van der Waals surface area contributed by atoms with Gasteiger partial charge in [0.25, 0.3) is 5.91 Å². The number of para-hydroxylation sites is 1. The number of rotatable bonds is 8. The topological polar surface area (TPSA) is 105 Å². The van der Waals surface area contributed by atoms with E-state index in [9.17, 15) is 19.2 Å². The second kappa shape index (κ2) is 11.4. The molecule has 1 aromatic carbocycles. The summed E-state index contributed by atoms with van der Waals surface area (Å²) in [6, 6.07) is 6.97. The molecular weight excluding hydrogens is 506 g/mol. The molecule has 1 aromatic rings. The summed E-state index contributed by atoms with van der Waals surface area (Å²) in [4.78, 5) is 54.9. The standard InChI is InChI=1S/C25H33N3O6S.ClH/c1-15(29)19(34-17-11-7-5-8-12-17)21(30)26-18-22(31)28-20(25(3,4)35-23(18)28)24(32)33-16(2)27-13-9-6-10-14-27;/h5,7-8,11-12,16,18-20,23H,6,9-10,13-14H2,1-4H3,(H,26,30);1H/t16?,18-,19?,20+,23-;/m1./s1. The molecule has 5 atom stereocenters. The smallest absolute Gasteiger partial charge is 0.331 e. The van der Waals surface area contributed by atoms with E-state index in [4.69, 9.17) is 9.47 Å². The van der Waals surface area contributed by atoms with Gasteiger partial charge in [-0.25, -0.2) is 4.79 Å². The molecule has 36 heavy (non-hydrogen) atoms. The van der Waals surface area contributed by atoms with Crippen LogP contribution in [0.2, 0.25) is 0 Å². The molecule has 3 aliphatic heterocycles. The zero-order valence-corrected chi connectivity index (χ0v) is 22.6. The highest BCUT2D eigenvalue weighted by Crippen LogP contribution is 2.51. The van der Waals surface area contributed by atoms with Crippen LogP contribution in [-0.4, -0.2) is 81.0 Å². The minimum atomic E-state index is -1.37. The molecule has 1 N–H and O–H groups in total. The fourth-order valence-electron chi connectivity index (χ4n) is 4.90. The van der Waals surface area contributed by atoms with Crippen LogP contribution >= 0.6 is 24.2 Å². The van der Waals surface area contributed by atoms with E-state index < -0.39 is 46.0 Å². The number of ether oxygens (including phenoxy) is 2. The number of carbonyl (C=O) groups excluding carboxylic acids is 4. The van der Waals surface area contributed by atoms with Crippen molar-refractivity contribution in [1.29, 1.82) is 0 Å². The van der Waals surface area contributed by atoms with Gasteiger partial charge in [0.1, 0.15) is 23.2 Å². The van der Waals surface area contributed by atoms with Gasteiger partial charge in [0.15, 0.2) is 12.0 Å². The fraction of sp³-hybridized carbons (Fsp3) is 0.600. The van der Waals surface area contributed by atoms with E-state index in [1.165, 1.54) is 30.0 Å². The average Bonchev–Trinajstić information content (AvgIpc) is 3.09. The van der Waals surface area contributed by atoms with Crippen LogP contribution in [0.3, 0.4) is 0 Å². The molecule has 3 heterocycles. The summed E-state index contributed by atoms with van der Waals surface area (Å²) in [5.41, 5.74) is 0. The van der Waals surface area contributed by atoms with Gasteiger partial charge in [-0.2, -0.15) is 0 Å². The summed E-state index contributed by atoms with van der Waals surface area (Å²) in [5.74, 6) is -1.57. The Labute approximate surface area is 222 Å². The number of Topliss-reactive ketones (excluding diaryl/α,β-unsaturated/α-hetero) is 1. The number of esters is 1. The summed E-state index contributed by atoms with van der Waals surface area (Å²) in [5, 5.41) is 2.25. The Hall–Kier alpha value is -2.30. The summed E-state index contributed by atoms with van der Waals surface area (Å²) in [6.45, 7) is 8.71. The predicted octanol–water partition coefficient (Wildman–Crippen LogP) is 2.37. The van der Waals surface area contributed by atoms with E-state index in [0.717, 1.165) is 25.9 Å². The number of hydrogen-bond acceptors (Lipinski definition) is 8. The monoisotopic (exact) mass is 539 g/mol. The second-order valence-electron chi connectivity index (χ2n) is 9.80. The molecule has 0 aliphatic carbocycles. The molecule has 0 radical (unpaired) electrons. The van der Waals surface area contributed by atoms with Crippen molar-refractivity contribution in [3.63, 3.8) is 0 Å². The number of β-lactam (4-membered cyclic amide) rings is 1. The number of carbonyl (C=O) groups is 4. The summed E-state index contributed by atoms with van der Waals surface area (Å²) in [7, 11) is 0. The lowest BCUT2D eigenvalue weighted by molar-refractivity contribution is -0.174. The molecule has 198 valence electrons. The van der Waals surface area contributed by atoms with E-state index in [2.05, 4.69) is 10.2 Å². The number of ketones is 1. The number of thioether (sulfide) groups is 1. The first-order valence-corrected chi connectivity index (χ1v) is 12.9. The lowest BCUT2D eigenvalue weighted by Crippen LogP contribution is -2.71. The Bertz CT molecular complexity index is 987. The van der Waals surface area contributed by atoms with Gasteiger partial charge in [-0.1, -0.05) is 24.6 Å². The number of hydrogen-bond donors (Lipinski definition) is 1. The van der Waals surface area contributed by atoms with Crippen LogP contribution in [0.5, 0.6) is 5.75 Å². The molecule has 0 saturated carbocycles. The Morgan fingerprint density at radius 1 is 1.11 bits per heavy atom. The van der Waals surface area contributed by atoms with Gasteiger partial charge in [-0.05, 0) is 52.7 Å². The summed E-state index contributed by atoms with van der Waals surface area (Å²) >= 11 is 1.44. The molecule has 3 fully saturated rings. The molecule has 9 nitrogen and oxygen atoms in total. The predicted molar refractivity (Wildman–Crippen MR) is 138 cm³/mol. The molecule has 4 rings (SSSR count). The van der Waals surface area contributed by atoms with Crippen molar-refractivity contribution in [2.45, 2.75) is 81.5 Å². The minimum Gasteiger partial charge on any atom is -0.473 e. The molecule has 2 unspecified atom stereocenters. The Morgan fingerprint density at radius 2 is 1.75 bits per heavy atom. The van der Waals surface area contributed by atoms with Crippen molar-refractivity contribution in [3.05, 3.63) is 30.3 Å². The van der Waals surface area contributed by atoms with Crippen LogP contribution in [0, 0.1) is 0 Å². The number of likely N-dealkylation sites (tertiary alicyclic amines) is 1.